The van der Waals surface area contributed by atoms with Crippen molar-refractivity contribution in [2.45, 2.75) is 226 Å². The molecule has 2 atom stereocenters. The minimum atomic E-state index is 0.0102. The molecule has 0 bridgehead atoms. The van der Waals surface area contributed by atoms with Crippen LogP contribution in [-0.2, 0) is 19.1 Å². The average Bonchev–Trinajstić information content (AvgIpc) is 3.78. The lowest BCUT2D eigenvalue weighted by molar-refractivity contribution is -0.144. The summed E-state index contributed by atoms with van der Waals surface area (Å²) >= 11 is 0. The normalized spacial score (nSPS) is 17.1. The largest absolute Gasteiger partial charge is 0.466 e. The van der Waals surface area contributed by atoms with Crippen molar-refractivity contribution in [1.29, 1.82) is 0 Å². The van der Waals surface area contributed by atoms with Crippen LogP contribution in [-0.4, -0.2) is 50.7 Å². The topological polar surface area (TPSA) is 55.8 Å². The second-order valence-corrected chi connectivity index (χ2v) is 16.1. The van der Waals surface area contributed by atoms with Gasteiger partial charge in [0, 0.05) is 12.8 Å². The van der Waals surface area contributed by atoms with Crippen molar-refractivity contribution < 1.29 is 19.1 Å². The maximum Gasteiger partial charge on any atom is 0.305 e. The van der Waals surface area contributed by atoms with Crippen LogP contribution in [0, 0.1) is 11.3 Å². The highest BCUT2D eigenvalue weighted by atomic mass is 16.5. The van der Waals surface area contributed by atoms with E-state index in [9.17, 15) is 9.59 Å². The molecule has 2 unspecified atom stereocenters. The maximum atomic E-state index is 11.9. The number of ether oxygens (including phenoxy) is 2. The maximum absolute atomic E-state index is 11.9. The zero-order valence-corrected chi connectivity index (χ0v) is 33.6. The summed E-state index contributed by atoms with van der Waals surface area (Å²) in [4.78, 5) is 26.3. The number of hydrogen-bond acceptors (Lipinski definition) is 5. The summed E-state index contributed by atoms with van der Waals surface area (Å²) in [6.07, 6.45) is 40.8. The lowest BCUT2D eigenvalue weighted by Crippen LogP contribution is -2.18. The van der Waals surface area contributed by atoms with Gasteiger partial charge in [-0.25, -0.2) is 0 Å². The zero-order valence-electron chi connectivity index (χ0n) is 33.6. The summed E-state index contributed by atoms with van der Waals surface area (Å²) in [5.41, 5.74) is 0.637. The van der Waals surface area contributed by atoms with Crippen molar-refractivity contribution >= 4 is 11.9 Å². The Kier molecular flexibility index (Phi) is 30.7. The van der Waals surface area contributed by atoms with E-state index in [0.29, 0.717) is 31.5 Å². The van der Waals surface area contributed by atoms with E-state index in [4.69, 9.17) is 9.47 Å². The van der Waals surface area contributed by atoms with Gasteiger partial charge in [0.2, 0.25) is 0 Å². The summed E-state index contributed by atoms with van der Waals surface area (Å²) in [6.45, 7) is 6.94. The van der Waals surface area contributed by atoms with Gasteiger partial charge < -0.3 is 14.4 Å². The number of hydrogen-bond donors (Lipinski definition) is 0. The number of rotatable bonds is 38. The molecule has 5 nitrogen and oxygen atoms in total. The summed E-state index contributed by atoms with van der Waals surface area (Å²) in [7, 11) is 4.45. The Morgan fingerprint density at radius 2 is 0.898 bits per heavy atom. The van der Waals surface area contributed by atoms with Crippen LogP contribution >= 0.6 is 0 Å². The minimum Gasteiger partial charge on any atom is -0.466 e. The molecule has 1 aliphatic carbocycles. The Bertz CT molecular complexity index is 755. The van der Waals surface area contributed by atoms with Crippen LogP contribution in [0.3, 0.4) is 0 Å². The quantitative estimate of drug-likeness (QED) is 0.0476. The van der Waals surface area contributed by atoms with Gasteiger partial charge >= 0.3 is 11.9 Å². The van der Waals surface area contributed by atoms with Gasteiger partial charge in [0.15, 0.2) is 0 Å². The van der Waals surface area contributed by atoms with Crippen LogP contribution in [0.5, 0.6) is 0 Å². The first-order valence-electron chi connectivity index (χ1n) is 21.9. The number of carbonyl (C=O) groups is 2. The summed E-state index contributed by atoms with van der Waals surface area (Å²) in [5, 5.41) is 0. The van der Waals surface area contributed by atoms with Crippen LogP contribution in [0.25, 0.3) is 0 Å². The predicted octanol–water partition coefficient (Wildman–Crippen LogP) is 13.2. The van der Waals surface area contributed by atoms with Crippen LogP contribution < -0.4 is 0 Å². The third kappa shape index (κ3) is 28.2. The fourth-order valence-corrected chi connectivity index (χ4v) is 7.66. The Morgan fingerprint density at radius 3 is 1.35 bits per heavy atom. The van der Waals surface area contributed by atoms with Gasteiger partial charge in [0.25, 0.3) is 0 Å². The van der Waals surface area contributed by atoms with E-state index < -0.39 is 0 Å². The molecule has 0 aromatic carbocycles. The standard InChI is InChI=1S/C44H85NO4/c1-5-7-9-11-24-30-38-48-42(46)33-27-21-17-13-14-19-23-29-35-44(36-37-45(3)4)40-41(44)32-26-20-16-15-18-22-28-34-43(47)49-39-31-25-12-10-8-6-2/h41H,5-40H2,1-4H3. The number of unbranched alkanes of at least 4 members (excludes halogenated alkanes) is 23. The van der Waals surface area contributed by atoms with E-state index >= 15 is 0 Å². The molecule has 0 aliphatic heterocycles. The molecular weight excluding hydrogens is 606 g/mol. The second kappa shape index (κ2) is 32.8. The lowest BCUT2D eigenvalue weighted by Gasteiger charge is -2.20. The zero-order chi connectivity index (χ0) is 35.7. The Hall–Kier alpha value is -1.10. The molecule has 0 amide bonds. The molecule has 290 valence electrons. The van der Waals surface area contributed by atoms with Gasteiger partial charge in [-0.05, 0) is 83.3 Å². The van der Waals surface area contributed by atoms with E-state index in [1.807, 2.05) is 0 Å². The SMILES string of the molecule is CCCCCCCCOC(=O)CCCCCCCCCCC1(CCN(C)C)CC1CCCCCCCCCC(=O)OCCCCCCCC. The highest BCUT2D eigenvalue weighted by Crippen LogP contribution is 2.60. The molecule has 0 N–H and O–H groups in total. The van der Waals surface area contributed by atoms with Crippen molar-refractivity contribution in [3.63, 3.8) is 0 Å². The molecule has 5 heteroatoms. The minimum absolute atomic E-state index is 0.0102. The van der Waals surface area contributed by atoms with Crippen molar-refractivity contribution in [3.8, 4) is 0 Å². The molecule has 0 saturated heterocycles. The molecule has 0 spiro atoms. The van der Waals surface area contributed by atoms with Crippen molar-refractivity contribution in [3.05, 3.63) is 0 Å². The molecule has 0 aromatic rings. The van der Waals surface area contributed by atoms with Gasteiger partial charge in [-0.3, -0.25) is 9.59 Å². The third-order valence-corrected chi connectivity index (χ3v) is 11.2. The first-order chi connectivity index (χ1) is 23.9. The molecule has 1 fully saturated rings. The molecular formula is C44H85NO4. The summed E-state index contributed by atoms with van der Waals surface area (Å²) in [6, 6.07) is 0. The number of nitrogens with zero attached hydrogens (tertiary/aromatic N) is 1. The van der Waals surface area contributed by atoms with E-state index in [1.165, 1.54) is 167 Å². The van der Waals surface area contributed by atoms with Gasteiger partial charge in [-0.15, -0.1) is 0 Å². The van der Waals surface area contributed by atoms with E-state index in [0.717, 1.165) is 44.4 Å². The van der Waals surface area contributed by atoms with Crippen LogP contribution in [0.4, 0.5) is 0 Å². The molecule has 0 heterocycles. The van der Waals surface area contributed by atoms with Gasteiger partial charge in [0.05, 0.1) is 13.2 Å². The molecule has 0 aromatic heterocycles. The van der Waals surface area contributed by atoms with Crippen LogP contribution in [0.1, 0.15) is 226 Å². The Morgan fingerprint density at radius 1 is 0.510 bits per heavy atom. The second-order valence-electron chi connectivity index (χ2n) is 16.1. The summed E-state index contributed by atoms with van der Waals surface area (Å²) < 4.78 is 10.8. The Labute approximate surface area is 306 Å². The van der Waals surface area contributed by atoms with Crippen molar-refractivity contribution in [2.24, 2.45) is 11.3 Å². The molecule has 1 rings (SSSR count). The van der Waals surface area contributed by atoms with Crippen molar-refractivity contribution in [2.75, 3.05) is 33.9 Å². The van der Waals surface area contributed by atoms with Crippen molar-refractivity contribution in [1.82, 2.24) is 4.90 Å². The van der Waals surface area contributed by atoms with Gasteiger partial charge in [-0.1, -0.05) is 162 Å². The van der Waals surface area contributed by atoms with Crippen LogP contribution in [0.2, 0.25) is 0 Å². The lowest BCUT2D eigenvalue weighted by atomic mass is 9.89. The first-order valence-corrected chi connectivity index (χ1v) is 21.9. The highest BCUT2D eigenvalue weighted by molar-refractivity contribution is 5.69. The molecule has 1 saturated carbocycles. The fraction of sp³-hybridized carbons (Fsp3) is 0.955. The monoisotopic (exact) mass is 692 g/mol. The average molecular weight is 692 g/mol. The smallest absolute Gasteiger partial charge is 0.305 e. The molecule has 0 radical (unpaired) electrons. The predicted molar refractivity (Wildman–Crippen MR) is 210 cm³/mol. The highest BCUT2D eigenvalue weighted by Gasteiger charge is 2.51. The number of carbonyl (C=O) groups excluding carboxylic acids is 2. The molecule has 1 aliphatic rings. The fourth-order valence-electron chi connectivity index (χ4n) is 7.66. The third-order valence-electron chi connectivity index (χ3n) is 11.2. The Balaban J connectivity index is 1.98. The number of esters is 2. The molecule has 49 heavy (non-hydrogen) atoms. The van der Waals surface area contributed by atoms with Gasteiger partial charge in [-0.2, -0.15) is 0 Å². The van der Waals surface area contributed by atoms with E-state index in [1.54, 1.807) is 0 Å². The van der Waals surface area contributed by atoms with E-state index in [2.05, 4.69) is 32.8 Å². The van der Waals surface area contributed by atoms with E-state index in [-0.39, 0.29) is 11.9 Å². The van der Waals surface area contributed by atoms with Crippen LogP contribution in [0.15, 0.2) is 0 Å². The van der Waals surface area contributed by atoms with Gasteiger partial charge in [0.1, 0.15) is 0 Å². The summed E-state index contributed by atoms with van der Waals surface area (Å²) in [5.74, 6) is 0.986. The first kappa shape index (κ1) is 45.9.